The van der Waals surface area contributed by atoms with Crippen molar-refractivity contribution >= 4 is 27.5 Å². The van der Waals surface area contributed by atoms with Gasteiger partial charge in [0.1, 0.15) is 39.6 Å². The summed E-state index contributed by atoms with van der Waals surface area (Å²) in [4.78, 5) is 15.4. The topological polar surface area (TPSA) is 122 Å². The summed E-state index contributed by atoms with van der Waals surface area (Å²) in [6.07, 6.45) is 1.95. The van der Waals surface area contributed by atoms with Crippen molar-refractivity contribution in [2.45, 2.75) is 32.3 Å². The van der Waals surface area contributed by atoms with Crippen LogP contribution in [0.25, 0.3) is 32.9 Å². The average Bonchev–Trinajstić information content (AvgIpc) is 3.16. The number of anilines is 1. The number of halogens is 2. The second-order valence-corrected chi connectivity index (χ2v) is 12.0. The van der Waals surface area contributed by atoms with Gasteiger partial charge in [-0.25, -0.2) is 13.8 Å². The minimum absolute atomic E-state index is 0.00553. The third-order valence-electron chi connectivity index (χ3n) is 8.06. The molecular weight excluding hydrogens is 560 g/mol. The van der Waals surface area contributed by atoms with Crippen LogP contribution in [0.4, 0.5) is 14.6 Å². The minimum atomic E-state index is -1.22. The van der Waals surface area contributed by atoms with Crippen LogP contribution in [0, 0.1) is 17.0 Å². The van der Waals surface area contributed by atoms with Gasteiger partial charge in [-0.3, -0.25) is 0 Å². The first-order chi connectivity index (χ1) is 20.6. The summed E-state index contributed by atoms with van der Waals surface area (Å²) in [5.41, 5.74) is -1.74. The lowest BCUT2D eigenvalue weighted by Crippen LogP contribution is -2.42. The Bertz CT molecular complexity index is 1680. The highest BCUT2D eigenvalue weighted by Gasteiger charge is 2.33. The Morgan fingerprint density at radius 2 is 1.98 bits per heavy atom. The Kier molecular flexibility index (Phi) is 7.69. The smallest absolute Gasteiger partial charge is 0.319 e. The molecule has 0 saturated carbocycles. The van der Waals surface area contributed by atoms with Crippen molar-refractivity contribution in [3.8, 4) is 28.9 Å². The summed E-state index contributed by atoms with van der Waals surface area (Å²) >= 11 is 0. The Labute approximate surface area is 247 Å². The third-order valence-corrected chi connectivity index (χ3v) is 8.06. The average molecular weight is 596 g/mol. The van der Waals surface area contributed by atoms with Crippen LogP contribution < -0.4 is 19.7 Å². The van der Waals surface area contributed by atoms with E-state index in [1.165, 1.54) is 31.4 Å². The van der Waals surface area contributed by atoms with Crippen molar-refractivity contribution in [1.29, 1.82) is 0 Å². The van der Waals surface area contributed by atoms with Crippen molar-refractivity contribution in [2.75, 3.05) is 58.0 Å². The van der Waals surface area contributed by atoms with E-state index in [1.54, 1.807) is 17.9 Å². The van der Waals surface area contributed by atoms with Crippen LogP contribution in [0.15, 0.2) is 30.3 Å². The van der Waals surface area contributed by atoms with E-state index in [0.29, 0.717) is 25.1 Å². The van der Waals surface area contributed by atoms with E-state index in [0.717, 1.165) is 25.9 Å². The largest absolute Gasteiger partial charge is 0.508 e. The van der Waals surface area contributed by atoms with Crippen molar-refractivity contribution in [3.05, 3.63) is 42.0 Å². The first-order valence-corrected chi connectivity index (χ1v) is 14.3. The van der Waals surface area contributed by atoms with Crippen molar-refractivity contribution in [2.24, 2.45) is 5.41 Å². The number of rotatable bonds is 6. The number of fused-ring (bicyclic) bond motifs is 2. The van der Waals surface area contributed by atoms with E-state index in [1.807, 2.05) is 0 Å². The van der Waals surface area contributed by atoms with E-state index < -0.39 is 17.2 Å². The summed E-state index contributed by atoms with van der Waals surface area (Å²) < 4.78 is 49.3. The first kappa shape index (κ1) is 29.2. The van der Waals surface area contributed by atoms with Crippen LogP contribution in [0.3, 0.4) is 0 Å². The molecule has 2 aliphatic rings. The highest BCUT2D eigenvalue weighted by Crippen LogP contribution is 2.42. The van der Waals surface area contributed by atoms with Gasteiger partial charge in [-0.1, -0.05) is 19.1 Å². The van der Waals surface area contributed by atoms with Crippen LogP contribution in [0.5, 0.6) is 17.6 Å². The van der Waals surface area contributed by atoms with E-state index in [2.05, 4.69) is 22.2 Å². The number of nitrogens with zero attached hydrogens (tertiary/aromatic N) is 4. The van der Waals surface area contributed by atoms with Gasteiger partial charge in [-0.2, -0.15) is 9.97 Å². The van der Waals surface area contributed by atoms with Gasteiger partial charge in [0, 0.05) is 29.5 Å². The van der Waals surface area contributed by atoms with Gasteiger partial charge in [0.15, 0.2) is 5.82 Å². The molecule has 2 aromatic heterocycles. The molecule has 2 saturated heterocycles. The number of ether oxygens (including phenoxy) is 3. The van der Waals surface area contributed by atoms with Crippen molar-refractivity contribution < 1.29 is 33.2 Å². The molecule has 1 unspecified atom stereocenters. The normalized spacial score (nSPS) is 23.0. The van der Waals surface area contributed by atoms with E-state index >= 15 is 8.78 Å². The van der Waals surface area contributed by atoms with E-state index in [9.17, 15) is 10.2 Å². The number of benzene rings is 2. The fourth-order valence-corrected chi connectivity index (χ4v) is 5.94. The molecule has 43 heavy (non-hydrogen) atoms. The van der Waals surface area contributed by atoms with Crippen molar-refractivity contribution in [3.63, 3.8) is 0 Å². The molecule has 2 fully saturated rings. The molecule has 0 spiro atoms. The fraction of sp³-hybridized carbons (Fsp3) is 0.452. The van der Waals surface area contributed by atoms with Gasteiger partial charge in [0.05, 0.1) is 33.5 Å². The molecule has 12 heteroatoms. The monoisotopic (exact) mass is 595 g/mol. The molecule has 2 aromatic carbocycles. The number of hydrogen-bond donors (Lipinski definition) is 3. The Hall–Kier alpha value is -3.87. The molecule has 2 atom stereocenters. The number of aromatic nitrogens is 3. The van der Waals surface area contributed by atoms with Crippen molar-refractivity contribution in [1.82, 2.24) is 20.3 Å². The maximum Gasteiger partial charge on any atom is 0.319 e. The number of β-amino-alcohol motifs (C(OH)–C–C–N with tert-alkyl or cyclic N) is 1. The number of methoxy groups -OCH3 is 1. The number of phenolic OH excluding ortho intramolecular Hbond substituents is 1. The molecule has 0 aliphatic carbocycles. The van der Waals surface area contributed by atoms with Gasteiger partial charge in [0.2, 0.25) is 5.88 Å². The van der Waals surface area contributed by atoms with Crippen LogP contribution >= 0.6 is 0 Å². The maximum absolute atomic E-state index is 16.7. The number of nitrogens with one attached hydrogen (secondary N) is 1. The summed E-state index contributed by atoms with van der Waals surface area (Å²) in [7, 11) is 1.39. The van der Waals surface area contributed by atoms with Gasteiger partial charge in [-0.05, 0) is 49.9 Å². The molecule has 0 bridgehead atoms. The molecule has 2 aliphatic heterocycles. The summed E-state index contributed by atoms with van der Waals surface area (Å²) in [5, 5.41) is 25.4. The molecule has 0 amide bonds. The number of aliphatic hydroxyl groups is 1. The van der Waals surface area contributed by atoms with Crippen LogP contribution in [-0.2, 0) is 4.74 Å². The number of phenols is 1. The predicted octanol–water partition coefficient (Wildman–Crippen LogP) is 4.19. The summed E-state index contributed by atoms with van der Waals surface area (Å²) in [6, 6.07) is 7.01. The molecule has 3 N–H and O–H groups in total. The Morgan fingerprint density at radius 1 is 1.14 bits per heavy atom. The molecule has 4 aromatic rings. The predicted molar refractivity (Wildman–Crippen MR) is 158 cm³/mol. The van der Waals surface area contributed by atoms with Crippen LogP contribution in [0.2, 0.25) is 0 Å². The lowest BCUT2D eigenvalue weighted by Gasteiger charge is -2.33. The lowest BCUT2D eigenvalue weighted by atomic mass is 9.84. The molecule has 228 valence electrons. The SMILES string of the molecule is COc1nc(-c2cc(O)cc3cccc(F)c23)c(F)c2nc(OCC3(C)CCCNC3)nc(N3CCOC[C@@](C)(O)C3)c12. The Morgan fingerprint density at radius 3 is 2.74 bits per heavy atom. The second kappa shape index (κ2) is 11.3. The minimum Gasteiger partial charge on any atom is -0.508 e. The third kappa shape index (κ3) is 5.74. The van der Waals surface area contributed by atoms with Gasteiger partial charge >= 0.3 is 6.01 Å². The fourth-order valence-electron chi connectivity index (χ4n) is 5.94. The zero-order valence-corrected chi connectivity index (χ0v) is 24.4. The summed E-state index contributed by atoms with van der Waals surface area (Å²) in [6.45, 7) is 6.65. The van der Waals surface area contributed by atoms with E-state index in [-0.39, 0.29) is 69.6 Å². The van der Waals surface area contributed by atoms with E-state index in [4.69, 9.17) is 19.2 Å². The number of hydrogen-bond acceptors (Lipinski definition) is 10. The number of piperidine rings is 1. The first-order valence-electron chi connectivity index (χ1n) is 14.3. The lowest BCUT2D eigenvalue weighted by molar-refractivity contribution is -0.0123. The van der Waals surface area contributed by atoms with Gasteiger partial charge < -0.3 is 34.6 Å². The zero-order chi connectivity index (χ0) is 30.4. The highest BCUT2D eigenvalue weighted by atomic mass is 19.1. The Balaban J connectivity index is 1.57. The number of pyridine rings is 1. The summed E-state index contributed by atoms with van der Waals surface area (Å²) in [5.74, 6) is -1.38. The second-order valence-electron chi connectivity index (χ2n) is 12.0. The molecular formula is C31H35F2N5O5. The molecule has 4 heterocycles. The quantitative estimate of drug-likeness (QED) is 0.299. The van der Waals surface area contributed by atoms with Gasteiger partial charge in [0.25, 0.3) is 0 Å². The molecule has 6 rings (SSSR count). The molecule has 0 radical (unpaired) electrons. The highest BCUT2D eigenvalue weighted by molar-refractivity contribution is 6.02. The standard InChI is InChI=1S/C31H35F2N5O5/c1-30(8-5-9-34-14-30)16-43-29-36-26-23(27(37-29)38-10-11-42-17-31(2,40)15-38)28(41-3)35-25(24(26)33)20-13-19(39)12-18-6-4-7-21(32)22(18)20/h4,6-7,12-13,34,39-40H,5,8-11,14-17H2,1-3H3/t30?,31-/m0/s1. The number of aromatic hydroxyl groups is 1. The zero-order valence-electron chi connectivity index (χ0n) is 24.4. The van der Waals surface area contributed by atoms with Crippen LogP contribution in [0.1, 0.15) is 26.7 Å². The van der Waals surface area contributed by atoms with Crippen LogP contribution in [-0.4, -0.2) is 83.9 Å². The van der Waals surface area contributed by atoms with Gasteiger partial charge in [-0.15, -0.1) is 0 Å². The maximum atomic E-state index is 16.7. The molecule has 10 nitrogen and oxygen atoms in total.